The number of ketones is 1. The van der Waals surface area contributed by atoms with E-state index in [0.717, 1.165) is 18.1 Å². The number of hydrogen-bond donors (Lipinski definition) is 1. The molecule has 0 aliphatic carbocycles. The smallest absolute Gasteiger partial charge is 0.217 e. The summed E-state index contributed by atoms with van der Waals surface area (Å²) < 4.78 is 18.1. The molecule has 176 valence electrons. The highest BCUT2D eigenvalue weighted by molar-refractivity contribution is 6.87. The van der Waals surface area contributed by atoms with Crippen LogP contribution in [-0.2, 0) is 18.7 Å². The minimum atomic E-state index is -2.09. The molecule has 0 rings (SSSR count). The van der Waals surface area contributed by atoms with Crippen molar-refractivity contribution in [3.05, 3.63) is 0 Å². The van der Waals surface area contributed by atoms with Gasteiger partial charge in [0.05, 0.1) is 13.0 Å². The molecular formula is C23H46O5Si2. The molecule has 1 N–H and O–H groups in total. The van der Waals surface area contributed by atoms with Crippen LogP contribution in [-0.4, -0.2) is 59.0 Å². The van der Waals surface area contributed by atoms with Gasteiger partial charge in [-0.3, -0.25) is 4.79 Å². The van der Waals surface area contributed by atoms with Crippen LogP contribution in [0.25, 0.3) is 0 Å². The third kappa shape index (κ3) is 8.21. The minimum Gasteiger partial charge on any atom is -0.411 e. The fourth-order valence-corrected chi connectivity index (χ4v) is 6.43. The first-order valence-corrected chi connectivity index (χ1v) is 17.0. The van der Waals surface area contributed by atoms with Gasteiger partial charge in [-0.2, -0.15) is 0 Å². The fourth-order valence-electron chi connectivity index (χ4n) is 3.00. The van der Waals surface area contributed by atoms with Crippen LogP contribution in [0, 0.1) is 11.5 Å². The SMILES string of the molecule is CCOC(CO[Si](C)(C)C(C)(C)C)(OCC)[C@H](O)CC(=O)C#C[Si](CC)(CC)CC. The molecule has 0 spiro atoms. The Kier molecular flexibility index (Phi) is 12.3. The van der Waals surface area contributed by atoms with Gasteiger partial charge in [-0.05, 0) is 56.0 Å². The van der Waals surface area contributed by atoms with Crippen LogP contribution in [0.3, 0.4) is 0 Å². The second-order valence-electron chi connectivity index (χ2n) is 9.46. The predicted octanol–water partition coefficient (Wildman–Crippen LogP) is 5.15. The molecule has 0 aromatic rings. The summed E-state index contributed by atoms with van der Waals surface area (Å²) >= 11 is 0. The second kappa shape index (κ2) is 12.5. The number of hydrogen-bond acceptors (Lipinski definition) is 5. The molecule has 0 aromatic heterocycles. The van der Waals surface area contributed by atoms with Crippen LogP contribution in [0.5, 0.6) is 0 Å². The Morgan fingerprint density at radius 2 is 1.43 bits per heavy atom. The van der Waals surface area contributed by atoms with Gasteiger partial charge in [0.25, 0.3) is 0 Å². The van der Waals surface area contributed by atoms with Gasteiger partial charge in [0, 0.05) is 13.2 Å². The Morgan fingerprint density at radius 1 is 0.967 bits per heavy atom. The monoisotopic (exact) mass is 458 g/mol. The molecule has 0 fully saturated rings. The topological polar surface area (TPSA) is 65.0 Å². The first kappa shape index (κ1) is 29.5. The highest BCUT2D eigenvalue weighted by Gasteiger charge is 2.45. The lowest BCUT2D eigenvalue weighted by Crippen LogP contribution is -2.55. The standard InChI is InChI=1S/C23H46O5Si2/c1-11-26-23(27-12-2,19-28-29(9,10)22(6,7)8)21(25)18-20(24)16-17-30(13-3,14-4)15-5/h21,25H,11-15,18-19H2,1-10H3/t21-/m1/s1. The van der Waals surface area contributed by atoms with E-state index >= 15 is 0 Å². The van der Waals surface area contributed by atoms with Gasteiger partial charge in [-0.15, -0.1) is 5.54 Å². The molecule has 0 aromatic carbocycles. The Balaban J connectivity index is 5.60. The normalized spacial score (nSPS) is 14.2. The second-order valence-corrected chi connectivity index (χ2v) is 19.2. The van der Waals surface area contributed by atoms with E-state index in [-0.39, 0.29) is 23.8 Å². The first-order chi connectivity index (χ1) is 13.8. The zero-order valence-corrected chi connectivity index (χ0v) is 23.1. The van der Waals surface area contributed by atoms with Gasteiger partial charge in [-0.25, -0.2) is 0 Å². The Morgan fingerprint density at radius 3 is 1.80 bits per heavy atom. The maximum Gasteiger partial charge on any atom is 0.217 e. The number of Topliss-reactive ketones (excluding diaryl/α,β-unsaturated/α-hetero) is 1. The molecule has 1 atom stereocenters. The van der Waals surface area contributed by atoms with E-state index in [1.165, 1.54) is 0 Å². The minimum absolute atomic E-state index is 0.0117. The van der Waals surface area contributed by atoms with Crippen molar-refractivity contribution in [3.8, 4) is 11.5 Å². The van der Waals surface area contributed by atoms with Crippen molar-refractivity contribution in [2.75, 3.05) is 19.8 Å². The first-order valence-electron chi connectivity index (χ1n) is 11.4. The zero-order valence-electron chi connectivity index (χ0n) is 21.1. The predicted molar refractivity (Wildman–Crippen MR) is 130 cm³/mol. The van der Waals surface area contributed by atoms with Crippen LogP contribution in [0.2, 0.25) is 36.3 Å². The van der Waals surface area contributed by atoms with Crippen LogP contribution < -0.4 is 0 Å². The van der Waals surface area contributed by atoms with E-state index in [1.54, 1.807) is 0 Å². The maximum atomic E-state index is 12.6. The van der Waals surface area contributed by atoms with Crippen molar-refractivity contribution in [3.63, 3.8) is 0 Å². The molecule has 0 heterocycles. The van der Waals surface area contributed by atoms with E-state index in [4.69, 9.17) is 13.9 Å². The molecule has 0 aliphatic rings. The van der Waals surface area contributed by atoms with Gasteiger partial charge in [0.1, 0.15) is 14.2 Å². The lowest BCUT2D eigenvalue weighted by atomic mass is 10.0. The van der Waals surface area contributed by atoms with E-state index in [2.05, 4.69) is 66.1 Å². The average molecular weight is 459 g/mol. The van der Waals surface area contributed by atoms with E-state index in [0.29, 0.717) is 13.2 Å². The molecule has 0 unspecified atom stereocenters. The summed E-state index contributed by atoms with van der Waals surface area (Å²) in [5, 5.41) is 11.0. The van der Waals surface area contributed by atoms with Crippen LogP contribution >= 0.6 is 0 Å². The third-order valence-corrected chi connectivity index (χ3v) is 15.8. The van der Waals surface area contributed by atoms with Gasteiger partial charge >= 0.3 is 0 Å². The largest absolute Gasteiger partial charge is 0.411 e. The highest BCUT2D eigenvalue weighted by atomic mass is 28.4. The van der Waals surface area contributed by atoms with Crippen molar-refractivity contribution >= 4 is 22.2 Å². The molecule has 7 heteroatoms. The molecule has 0 saturated carbocycles. The van der Waals surface area contributed by atoms with Crippen molar-refractivity contribution in [2.24, 2.45) is 0 Å². The molecular weight excluding hydrogens is 412 g/mol. The average Bonchev–Trinajstić information content (AvgIpc) is 2.67. The molecule has 0 aliphatic heterocycles. The lowest BCUT2D eigenvalue weighted by Gasteiger charge is -2.42. The Hall–Kier alpha value is -0.496. The summed E-state index contributed by atoms with van der Waals surface area (Å²) in [6.45, 7) is 21.7. The molecule has 30 heavy (non-hydrogen) atoms. The van der Waals surface area contributed by atoms with E-state index < -0.39 is 28.3 Å². The number of aliphatic hydroxyl groups is 1. The summed E-state index contributed by atoms with van der Waals surface area (Å²) in [4.78, 5) is 12.6. The summed E-state index contributed by atoms with van der Waals surface area (Å²) in [7, 11) is -3.81. The summed E-state index contributed by atoms with van der Waals surface area (Å²) in [6.07, 6.45) is -1.28. The van der Waals surface area contributed by atoms with Crippen LogP contribution in [0.4, 0.5) is 0 Å². The van der Waals surface area contributed by atoms with Crippen molar-refractivity contribution in [1.29, 1.82) is 0 Å². The number of carbonyl (C=O) groups is 1. The van der Waals surface area contributed by atoms with Crippen LogP contribution in [0.1, 0.15) is 61.8 Å². The maximum absolute atomic E-state index is 12.6. The molecule has 0 bridgehead atoms. The molecule has 0 amide bonds. The van der Waals surface area contributed by atoms with E-state index in [9.17, 15) is 9.90 Å². The molecule has 5 nitrogen and oxygen atoms in total. The van der Waals surface area contributed by atoms with Crippen molar-refractivity contribution < 1.29 is 23.8 Å². The zero-order chi connectivity index (χ0) is 23.6. The van der Waals surface area contributed by atoms with E-state index in [1.807, 2.05) is 13.8 Å². The number of carbonyl (C=O) groups excluding carboxylic acids is 1. The van der Waals surface area contributed by atoms with Gasteiger partial charge in [-0.1, -0.05) is 41.5 Å². The lowest BCUT2D eigenvalue weighted by molar-refractivity contribution is -0.292. The van der Waals surface area contributed by atoms with Crippen molar-refractivity contribution in [2.45, 2.75) is 110 Å². The Labute approximate surface area is 187 Å². The molecule has 0 saturated heterocycles. The highest BCUT2D eigenvalue weighted by Crippen LogP contribution is 2.38. The van der Waals surface area contributed by atoms with Crippen molar-refractivity contribution in [1.82, 2.24) is 0 Å². The Bertz CT molecular complexity index is 568. The summed E-state index contributed by atoms with van der Waals surface area (Å²) in [5.41, 5.74) is 3.30. The quantitative estimate of drug-likeness (QED) is 0.235. The third-order valence-electron chi connectivity index (χ3n) is 6.60. The van der Waals surface area contributed by atoms with Crippen LogP contribution in [0.15, 0.2) is 0 Å². The molecule has 0 radical (unpaired) electrons. The number of rotatable bonds is 13. The fraction of sp³-hybridized carbons (Fsp3) is 0.870. The number of aliphatic hydroxyl groups excluding tert-OH is 1. The summed E-state index contributed by atoms with van der Waals surface area (Å²) in [5.74, 6) is 1.19. The summed E-state index contributed by atoms with van der Waals surface area (Å²) in [6, 6.07) is 3.10. The number of ether oxygens (including phenoxy) is 2. The van der Waals surface area contributed by atoms with Gasteiger partial charge in [0.2, 0.25) is 11.6 Å². The van der Waals surface area contributed by atoms with Gasteiger partial charge < -0.3 is 19.0 Å². The van der Waals surface area contributed by atoms with Gasteiger partial charge in [0.15, 0.2) is 8.32 Å².